The largest absolute Gasteiger partial charge is 0.385 e. The Morgan fingerprint density at radius 3 is 3.05 bits per heavy atom. The van der Waals surface area contributed by atoms with Crippen LogP contribution in [0.3, 0.4) is 0 Å². The van der Waals surface area contributed by atoms with E-state index in [-0.39, 0.29) is 5.91 Å². The highest BCUT2D eigenvalue weighted by Gasteiger charge is 2.08. The number of carbonyl (C=O) groups is 1. The summed E-state index contributed by atoms with van der Waals surface area (Å²) in [6.45, 7) is 3.22. The van der Waals surface area contributed by atoms with Gasteiger partial charge in [-0.1, -0.05) is 5.16 Å². The van der Waals surface area contributed by atoms with Crippen molar-refractivity contribution in [3.63, 3.8) is 0 Å². The fraction of sp³-hybridized carbons (Fsp3) is 0.333. The number of pyridine rings is 1. The summed E-state index contributed by atoms with van der Waals surface area (Å²) >= 11 is 0. The molecule has 2 N–H and O–H groups in total. The molecule has 7 nitrogen and oxygen atoms in total. The van der Waals surface area contributed by atoms with Crippen LogP contribution in [-0.2, 0) is 6.42 Å². The minimum absolute atomic E-state index is 0.219. The van der Waals surface area contributed by atoms with Crippen molar-refractivity contribution >= 4 is 11.6 Å². The Morgan fingerprint density at radius 2 is 2.32 bits per heavy atom. The number of aromatic nitrogens is 3. The third-order valence-electron chi connectivity index (χ3n) is 2.41. The third kappa shape index (κ3) is 3.77. The van der Waals surface area contributed by atoms with E-state index in [1.54, 1.807) is 12.3 Å². The van der Waals surface area contributed by atoms with Gasteiger partial charge in [-0.25, -0.2) is 0 Å². The molecule has 7 heteroatoms. The molecule has 2 rings (SSSR count). The van der Waals surface area contributed by atoms with E-state index in [1.807, 2.05) is 13.0 Å². The van der Waals surface area contributed by atoms with E-state index in [1.165, 1.54) is 6.39 Å². The SMILES string of the molecule is CCNc1ccnc(C(=O)NCCc2ncon2)c1. The lowest BCUT2D eigenvalue weighted by Gasteiger charge is -2.06. The second-order valence-corrected chi connectivity index (χ2v) is 3.81. The minimum atomic E-state index is -0.219. The topological polar surface area (TPSA) is 92.9 Å². The molecule has 0 aliphatic rings. The Bertz CT molecular complexity index is 527. The van der Waals surface area contributed by atoms with Crippen LogP contribution in [-0.4, -0.2) is 34.1 Å². The number of hydrogen-bond donors (Lipinski definition) is 2. The second kappa shape index (κ2) is 6.48. The number of rotatable bonds is 6. The number of nitrogens with zero attached hydrogens (tertiary/aromatic N) is 3. The van der Waals surface area contributed by atoms with Crippen LogP contribution in [0.2, 0.25) is 0 Å². The van der Waals surface area contributed by atoms with Crippen molar-refractivity contribution < 1.29 is 9.32 Å². The summed E-state index contributed by atoms with van der Waals surface area (Å²) in [5.41, 5.74) is 1.26. The van der Waals surface area contributed by atoms with Gasteiger partial charge in [-0.05, 0) is 19.1 Å². The summed E-state index contributed by atoms with van der Waals surface area (Å²) in [5, 5.41) is 9.55. The monoisotopic (exact) mass is 261 g/mol. The first-order valence-corrected chi connectivity index (χ1v) is 6.03. The van der Waals surface area contributed by atoms with E-state index in [2.05, 4.69) is 30.3 Å². The molecule has 2 heterocycles. The van der Waals surface area contributed by atoms with Crippen LogP contribution in [0.4, 0.5) is 5.69 Å². The normalized spacial score (nSPS) is 10.2. The van der Waals surface area contributed by atoms with Gasteiger partial charge >= 0.3 is 0 Å². The maximum Gasteiger partial charge on any atom is 0.269 e. The maximum atomic E-state index is 11.9. The fourth-order valence-corrected chi connectivity index (χ4v) is 1.55. The first-order valence-electron chi connectivity index (χ1n) is 6.03. The molecule has 0 unspecified atom stereocenters. The number of amides is 1. The second-order valence-electron chi connectivity index (χ2n) is 3.81. The van der Waals surface area contributed by atoms with Crippen molar-refractivity contribution in [2.75, 3.05) is 18.4 Å². The lowest BCUT2D eigenvalue weighted by molar-refractivity contribution is 0.0949. The summed E-state index contributed by atoms with van der Waals surface area (Å²) in [5.74, 6) is 0.345. The zero-order valence-electron chi connectivity index (χ0n) is 10.6. The first-order chi connectivity index (χ1) is 9.29. The van der Waals surface area contributed by atoms with Gasteiger partial charge in [-0.2, -0.15) is 4.98 Å². The van der Waals surface area contributed by atoms with Crippen molar-refractivity contribution in [2.24, 2.45) is 0 Å². The molecule has 0 aliphatic carbocycles. The molecule has 0 aliphatic heterocycles. The molecule has 19 heavy (non-hydrogen) atoms. The first kappa shape index (κ1) is 13.0. The lowest BCUT2D eigenvalue weighted by Crippen LogP contribution is -2.26. The molecule has 0 bridgehead atoms. The summed E-state index contributed by atoms with van der Waals surface area (Å²) in [7, 11) is 0. The van der Waals surface area contributed by atoms with Gasteiger partial charge in [0.2, 0.25) is 6.39 Å². The van der Waals surface area contributed by atoms with Crippen molar-refractivity contribution in [3.8, 4) is 0 Å². The predicted octanol–water partition coefficient (Wildman–Crippen LogP) is 0.869. The molecule has 0 saturated carbocycles. The molecule has 0 atom stereocenters. The molecule has 0 fully saturated rings. The van der Waals surface area contributed by atoms with Crippen LogP contribution in [0, 0.1) is 0 Å². The predicted molar refractivity (Wildman–Crippen MR) is 68.7 cm³/mol. The van der Waals surface area contributed by atoms with Gasteiger partial charge in [0.25, 0.3) is 5.91 Å². The van der Waals surface area contributed by atoms with E-state index in [4.69, 9.17) is 0 Å². The average molecular weight is 261 g/mol. The maximum absolute atomic E-state index is 11.9. The highest BCUT2D eigenvalue weighted by Crippen LogP contribution is 2.07. The van der Waals surface area contributed by atoms with Gasteiger partial charge in [-0.3, -0.25) is 9.78 Å². The van der Waals surface area contributed by atoms with Crippen molar-refractivity contribution in [2.45, 2.75) is 13.3 Å². The lowest BCUT2D eigenvalue weighted by atomic mass is 10.3. The van der Waals surface area contributed by atoms with E-state index < -0.39 is 0 Å². The van der Waals surface area contributed by atoms with Crippen molar-refractivity contribution in [1.29, 1.82) is 0 Å². The minimum Gasteiger partial charge on any atom is -0.385 e. The number of carbonyl (C=O) groups excluding carboxylic acids is 1. The number of anilines is 1. The van der Waals surface area contributed by atoms with E-state index in [9.17, 15) is 4.79 Å². The van der Waals surface area contributed by atoms with E-state index in [0.717, 1.165) is 12.2 Å². The molecule has 2 aromatic rings. The Hall–Kier alpha value is -2.44. The highest BCUT2D eigenvalue weighted by atomic mass is 16.5. The molecule has 1 amide bonds. The summed E-state index contributed by atoms with van der Waals surface area (Å²) in [6, 6.07) is 3.53. The average Bonchev–Trinajstić information content (AvgIpc) is 2.92. The van der Waals surface area contributed by atoms with Gasteiger partial charge in [0.15, 0.2) is 5.82 Å². The van der Waals surface area contributed by atoms with Gasteiger partial charge in [-0.15, -0.1) is 0 Å². The van der Waals surface area contributed by atoms with Crippen LogP contribution in [0.15, 0.2) is 29.2 Å². The van der Waals surface area contributed by atoms with Crippen LogP contribution in [0.5, 0.6) is 0 Å². The summed E-state index contributed by atoms with van der Waals surface area (Å²) in [4.78, 5) is 19.8. The highest BCUT2D eigenvalue weighted by molar-refractivity contribution is 5.93. The zero-order valence-corrected chi connectivity index (χ0v) is 10.6. The molecule has 0 radical (unpaired) electrons. The van der Waals surface area contributed by atoms with Crippen LogP contribution >= 0.6 is 0 Å². The molecule has 0 spiro atoms. The smallest absolute Gasteiger partial charge is 0.269 e. The molecule has 100 valence electrons. The van der Waals surface area contributed by atoms with E-state index in [0.29, 0.717) is 24.5 Å². The van der Waals surface area contributed by atoms with E-state index >= 15 is 0 Å². The standard InChI is InChI=1S/C12H15N5O2/c1-2-13-9-3-5-14-10(7-9)12(18)15-6-4-11-16-8-19-17-11/h3,5,7-8H,2,4,6H2,1H3,(H,13,14)(H,15,18). The Balaban J connectivity index is 1.87. The Kier molecular flexibility index (Phi) is 4.44. The van der Waals surface area contributed by atoms with Gasteiger partial charge < -0.3 is 15.2 Å². The van der Waals surface area contributed by atoms with Gasteiger partial charge in [0.05, 0.1) is 0 Å². The number of nitrogens with one attached hydrogen (secondary N) is 2. The summed E-state index contributed by atoms with van der Waals surface area (Å²) in [6.07, 6.45) is 3.39. The molecular formula is C12H15N5O2. The zero-order chi connectivity index (χ0) is 13.5. The molecular weight excluding hydrogens is 246 g/mol. The van der Waals surface area contributed by atoms with Crippen molar-refractivity contribution in [3.05, 3.63) is 36.2 Å². The van der Waals surface area contributed by atoms with Crippen LogP contribution in [0.1, 0.15) is 23.2 Å². The quantitative estimate of drug-likeness (QED) is 0.801. The van der Waals surface area contributed by atoms with Crippen LogP contribution < -0.4 is 10.6 Å². The molecule has 2 aromatic heterocycles. The number of hydrogen-bond acceptors (Lipinski definition) is 6. The van der Waals surface area contributed by atoms with Crippen molar-refractivity contribution in [1.82, 2.24) is 20.4 Å². The molecule has 0 aromatic carbocycles. The van der Waals surface area contributed by atoms with Gasteiger partial charge in [0.1, 0.15) is 5.69 Å². The summed E-state index contributed by atoms with van der Waals surface area (Å²) < 4.78 is 4.60. The fourth-order valence-electron chi connectivity index (χ4n) is 1.55. The Morgan fingerprint density at radius 1 is 1.42 bits per heavy atom. The third-order valence-corrected chi connectivity index (χ3v) is 2.41. The van der Waals surface area contributed by atoms with Gasteiger partial charge in [0, 0.05) is 31.4 Å². The Labute approximate surface area is 110 Å². The van der Waals surface area contributed by atoms with Crippen LogP contribution in [0.25, 0.3) is 0 Å². The molecule has 0 saturated heterocycles.